The van der Waals surface area contributed by atoms with E-state index in [1.54, 1.807) is 6.92 Å². The first-order valence-corrected chi connectivity index (χ1v) is 5.62. The van der Waals surface area contributed by atoms with E-state index in [9.17, 15) is 28.1 Å². The molecule has 1 aromatic rings. The second-order valence-electron chi connectivity index (χ2n) is 4.06. The summed E-state index contributed by atoms with van der Waals surface area (Å²) in [5.41, 5.74) is -1.75. The van der Waals surface area contributed by atoms with Gasteiger partial charge in [0, 0.05) is 24.5 Å². The smallest absolute Gasteiger partial charge is 0.299 e. The number of nitro benzene ring substituents is 1. The predicted octanol–water partition coefficient (Wildman–Crippen LogP) is 3.53. The number of hydrogen-bond donors (Lipinski definition) is 0. The molecule has 0 radical (unpaired) electrons. The summed E-state index contributed by atoms with van der Waals surface area (Å²) in [7, 11) is 0. The first-order chi connectivity index (χ1) is 8.75. The van der Waals surface area contributed by atoms with Gasteiger partial charge in [-0.15, -0.1) is 0 Å². The molecule has 0 bridgehead atoms. The molecule has 1 aromatic carbocycles. The van der Waals surface area contributed by atoms with Gasteiger partial charge in [0.25, 0.3) is 5.69 Å². The summed E-state index contributed by atoms with van der Waals surface area (Å²) in [6.07, 6.45) is -4.02. The zero-order chi connectivity index (χ0) is 14.6. The van der Waals surface area contributed by atoms with Crippen LogP contribution in [0.2, 0.25) is 0 Å². The second kappa shape index (κ2) is 5.81. The fourth-order valence-electron chi connectivity index (χ4n) is 1.64. The van der Waals surface area contributed by atoms with E-state index in [1.807, 2.05) is 0 Å². The molecule has 1 rings (SSSR count). The number of rotatable bonds is 5. The van der Waals surface area contributed by atoms with Crippen LogP contribution in [0.25, 0.3) is 0 Å². The number of alkyl halides is 3. The quantitative estimate of drug-likeness (QED) is 0.610. The number of nitrogens with zero attached hydrogens (tertiary/aromatic N) is 1. The fourth-order valence-corrected chi connectivity index (χ4v) is 1.64. The van der Waals surface area contributed by atoms with Gasteiger partial charge in [-0.2, -0.15) is 13.2 Å². The Balaban J connectivity index is 3.12. The summed E-state index contributed by atoms with van der Waals surface area (Å²) in [6.45, 7) is 1.78. The molecule has 0 amide bonds. The van der Waals surface area contributed by atoms with Gasteiger partial charge < -0.3 is 0 Å². The van der Waals surface area contributed by atoms with E-state index in [0.29, 0.717) is 12.5 Å². The molecular weight excluding hydrogens is 263 g/mol. The van der Waals surface area contributed by atoms with E-state index in [2.05, 4.69) is 0 Å². The molecule has 7 heteroatoms. The molecule has 0 aliphatic rings. The van der Waals surface area contributed by atoms with Crippen LogP contribution in [0.4, 0.5) is 18.9 Å². The zero-order valence-corrected chi connectivity index (χ0v) is 10.2. The van der Waals surface area contributed by atoms with Crippen molar-refractivity contribution in [2.75, 3.05) is 0 Å². The van der Waals surface area contributed by atoms with Crippen molar-refractivity contribution < 1.29 is 22.9 Å². The molecule has 0 aromatic heterocycles. The maximum atomic E-state index is 12.5. The Morgan fingerprint density at radius 2 is 2.00 bits per heavy atom. The highest BCUT2D eigenvalue weighted by Crippen LogP contribution is 2.33. The monoisotopic (exact) mass is 275 g/mol. The van der Waals surface area contributed by atoms with Crippen LogP contribution < -0.4 is 0 Å². The van der Waals surface area contributed by atoms with Crippen LogP contribution in [0.15, 0.2) is 18.2 Å². The van der Waals surface area contributed by atoms with E-state index in [-0.39, 0.29) is 24.2 Å². The summed E-state index contributed by atoms with van der Waals surface area (Å²) in [5.74, 6) is -0.231. The van der Waals surface area contributed by atoms with E-state index in [1.165, 1.54) is 0 Å². The van der Waals surface area contributed by atoms with Crippen LogP contribution >= 0.6 is 0 Å². The highest BCUT2D eigenvalue weighted by atomic mass is 19.4. The van der Waals surface area contributed by atoms with Gasteiger partial charge in [0.05, 0.1) is 10.5 Å². The van der Waals surface area contributed by atoms with Crippen molar-refractivity contribution >= 4 is 11.5 Å². The molecule has 0 spiro atoms. The third-order valence-corrected chi connectivity index (χ3v) is 2.53. The molecule has 0 N–H and O–H groups in total. The van der Waals surface area contributed by atoms with Crippen molar-refractivity contribution in [3.05, 3.63) is 39.4 Å². The third-order valence-electron chi connectivity index (χ3n) is 2.53. The van der Waals surface area contributed by atoms with Gasteiger partial charge in [-0.05, 0) is 12.5 Å². The highest BCUT2D eigenvalue weighted by molar-refractivity contribution is 5.81. The van der Waals surface area contributed by atoms with Gasteiger partial charge in [0.15, 0.2) is 0 Å². The summed E-state index contributed by atoms with van der Waals surface area (Å²) in [6, 6.07) is 2.21. The number of Topliss-reactive ketones (excluding diaryl/α,β-unsaturated/α-hetero) is 1. The van der Waals surface area contributed by atoms with E-state index in [0.717, 1.165) is 12.1 Å². The predicted molar refractivity (Wildman–Crippen MR) is 61.7 cm³/mol. The molecular formula is C12H12F3NO3. The van der Waals surface area contributed by atoms with Crippen LogP contribution in [0, 0.1) is 10.1 Å². The van der Waals surface area contributed by atoms with E-state index in [4.69, 9.17) is 0 Å². The topological polar surface area (TPSA) is 60.2 Å². The van der Waals surface area contributed by atoms with Gasteiger partial charge in [0.2, 0.25) is 0 Å². The maximum absolute atomic E-state index is 12.5. The molecule has 0 saturated carbocycles. The maximum Gasteiger partial charge on any atom is 0.416 e. The van der Waals surface area contributed by atoms with Gasteiger partial charge in [-0.25, -0.2) is 0 Å². The Morgan fingerprint density at radius 1 is 1.37 bits per heavy atom. The first kappa shape index (κ1) is 15.1. The Hall–Kier alpha value is -1.92. The van der Waals surface area contributed by atoms with Gasteiger partial charge in [-0.1, -0.05) is 13.0 Å². The lowest BCUT2D eigenvalue weighted by Crippen LogP contribution is -2.09. The molecule has 19 heavy (non-hydrogen) atoms. The highest BCUT2D eigenvalue weighted by Gasteiger charge is 2.33. The van der Waals surface area contributed by atoms with Crippen LogP contribution in [0.5, 0.6) is 0 Å². The standard InChI is InChI=1S/C12H12F3NO3/c1-2-3-10(17)6-8-4-5-9(12(13,14)15)7-11(8)16(18)19/h4-5,7H,2-3,6H2,1H3. The minimum atomic E-state index is -4.64. The second-order valence-corrected chi connectivity index (χ2v) is 4.06. The van der Waals surface area contributed by atoms with Crippen LogP contribution in [0.1, 0.15) is 30.9 Å². The molecule has 0 saturated heterocycles. The Morgan fingerprint density at radius 3 is 2.47 bits per heavy atom. The average molecular weight is 275 g/mol. The lowest BCUT2D eigenvalue weighted by molar-refractivity contribution is -0.385. The zero-order valence-electron chi connectivity index (χ0n) is 10.2. The Labute approximate surface area is 107 Å². The molecule has 0 unspecified atom stereocenters. The summed E-state index contributed by atoms with van der Waals surface area (Å²) in [4.78, 5) is 21.3. The SMILES string of the molecule is CCCC(=O)Cc1ccc(C(F)(F)F)cc1[N+](=O)[O-]. The first-order valence-electron chi connectivity index (χ1n) is 5.62. The van der Waals surface area contributed by atoms with Crippen molar-refractivity contribution in [2.45, 2.75) is 32.4 Å². The van der Waals surface area contributed by atoms with Gasteiger partial charge in [0.1, 0.15) is 5.78 Å². The number of carbonyl (C=O) groups excluding carboxylic acids is 1. The number of hydrogen-bond acceptors (Lipinski definition) is 3. The number of nitro groups is 1. The van der Waals surface area contributed by atoms with E-state index < -0.39 is 22.4 Å². The lowest BCUT2D eigenvalue weighted by Gasteiger charge is -2.08. The molecule has 0 fully saturated rings. The van der Waals surface area contributed by atoms with Crippen molar-refractivity contribution in [3.8, 4) is 0 Å². The van der Waals surface area contributed by atoms with Gasteiger partial charge in [-0.3, -0.25) is 14.9 Å². The van der Waals surface area contributed by atoms with Crippen LogP contribution in [0.3, 0.4) is 0 Å². The molecule has 104 valence electrons. The summed E-state index contributed by atoms with van der Waals surface area (Å²) < 4.78 is 37.4. The molecule has 0 aliphatic heterocycles. The Bertz CT molecular complexity index is 497. The average Bonchev–Trinajstić information content (AvgIpc) is 2.27. The minimum absolute atomic E-state index is 0.0106. The number of ketones is 1. The largest absolute Gasteiger partial charge is 0.416 e. The number of benzene rings is 1. The van der Waals surface area contributed by atoms with E-state index >= 15 is 0 Å². The molecule has 0 heterocycles. The summed E-state index contributed by atoms with van der Waals surface area (Å²) >= 11 is 0. The van der Waals surface area contributed by atoms with Crippen LogP contribution in [-0.4, -0.2) is 10.7 Å². The van der Waals surface area contributed by atoms with Crippen molar-refractivity contribution in [1.29, 1.82) is 0 Å². The fraction of sp³-hybridized carbons (Fsp3) is 0.417. The van der Waals surface area contributed by atoms with Gasteiger partial charge >= 0.3 is 6.18 Å². The van der Waals surface area contributed by atoms with Crippen molar-refractivity contribution in [2.24, 2.45) is 0 Å². The third kappa shape index (κ3) is 4.04. The minimum Gasteiger partial charge on any atom is -0.299 e. The molecule has 0 atom stereocenters. The Kier molecular flexibility index (Phi) is 4.63. The summed E-state index contributed by atoms with van der Waals surface area (Å²) in [5, 5.41) is 10.8. The normalized spacial score (nSPS) is 11.4. The number of halogens is 3. The lowest BCUT2D eigenvalue weighted by atomic mass is 10.0. The van der Waals surface area contributed by atoms with Crippen molar-refractivity contribution in [3.63, 3.8) is 0 Å². The van der Waals surface area contributed by atoms with Crippen molar-refractivity contribution in [1.82, 2.24) is 0 Å². The molecule has 4 nitrogen and oxygen atoms in total. The number of carbonyl (C=O) groups is 1. The molecule has 0 aliphatic carbocycles. The van der Waals surface area contributed by atoms with Crippen LogP contribution in [-0.2, 0) is 17.4 Å².